The third-order valence-electron chi connectivity index (χ3n) is 3.46. The zero-order valence-corrected chi connectivity index (χ0v) is 12.3. The van der Waals surface area contributed by atoms with Gasteiger partial charge in [0.1, 0.15) is 0 Å². The molecule has 0 saturated carbocycles. The van der Waals surface area contributed by atoms with Gasteiger partial charge in [-0.15, -0.1) is 0 Å². The second kappa shape index (κ2) is 5.23. The largest absolute Gasteiger partial charge is 0.371 e. The minimum atomic E-state index is -0.494. The Morgan fingerprint density at radius 2 is 2.00 bits per heavy atom. The predicted octanol–water partition coefficient (Wildman–Crippen LogP) is 3.10. The fourth-order valence-electron chi connectivity index (χ4n) is 2.45. The van der Waals surface area contributed by atoms with Crippen molar-refractivity contribution in [2.75, 3.05) is 0 Å². The molecule has 2 amide bonds. The number of amides is 2. The molecule has 5 nitrogen and oxygen atoms in total. The smallest absolute Gasteiger partial charge is 0.317 e. The maximum atomic E-state index is 11.5. The third-order valence-corrected chi connectivity index (χ3v) is 4.14. The molecule has 0 bridgehead atoms. The van der Waals surface area contributed by atoms with Gasteiger partial charge in [-0.2, -0.15) is 21.6 Å². The van der Waals surface area contributed by atoms with Crippen LogP contribution in [0.4, 0.5) is 4.79 Å². The van der Waals surface area contributed by atoms with Crippen LogP contribution in [0.25, 0.3) is 5.70 Å². The predicted molar refractivity (Wildman–Crippen MR) is 86.7 cm³/mol. The molecule has 0 fully saturated rings. The molecule has 1 aromatic carbocycles. The van der Waals surface area contributed by atoms with E-state index in [0.717, 1.165) is 16.8 Å². The normalized spacial score (nSPS) is 16.6. The molecule has 0 aliphatic carbocycles. The van der Waals surface area contributed by atoms with E-state index in [9.17, 15) is 4.79 Å². The summed E-state index contributed by atoms with van der Waals surface area (Å²) in [5.74, 6) is 0.914. The quantitative estimate of drug-likeness (QED) is 0.875. The standard InChI is InChI=1S/C16H11N4OS/c21-16-18-14-15(19-16)20(9-11-4-2-1-3-5-11)13(8-17-14)12-6-7-22-10-12/h1-8,10H,9H2. The minimum Gasteiger partial charge on any atom is -0.317 e. The van der Waals surface area contributed by atoms with Gasteiger partial charge in [0.15, 0.2) is 5.84 Å². The van der Waals surface area contributed by atoms with Crippen molar-refractivity contribution in [1.82, 2.24) is 10.2 Å². The van der Waals surface area contributed by atoms with Gasteiger partial charge in [0, 0.05) is 17.5 Å². The highest BCUT2D eigenvalue weighted by molar-refractivity contribution is 7.08. The molecule has 22 heavy (non-hydrogen) atoms. The number of nitrogens with zero attached hydrogens (tertiary/aromatic N) is 4. The molecule has 0 unspecified atom stereocenters. The topological polar surface area (TPSA) is 59.1 Å². The van der Waals surface area contributed by atoms with Crippen LogP contribution in [0.1, 0.15) is 11.1 Å². The summed E-state index contributed by atoms with van der Waals surface area (Å²) < 4.78 is 0. The maximum absolute atomic E-state index is 11.5. The number of aliphatic imine (C=N–C) groups is 2. The number of fused-ring (bicyclic) bond motifs is 1. The Morgan fingerprint density at radius 1 is 1.14 bits per heavy atom. The highest BCUT2D eigenvalue weighted by Crippen LogP contribution is 2.28. The Labute approximate surface area is 131 Å². The number of hydrogen-bond acceptors (Lipinski definition) is 4. The first kappa shape index (κ1) is 13.0. The molecular weight excluding hydrogens is 296 g/mol. The second-order valence-electron chi connectivity index (χ2n) is 4.88. The van der Waals surface area contributed by atoms with Crippen molar-refractivity contribution >= 4 is 34.7 Å². The van der Waals surface area contributed by atoms with Crippen molar-refractivity contribution in [3.8, 4) is 0 Å². The van der Waals surface area contributed by atoms with Crippen LogP contribution >= 0.6 is 11.3 Å². The zero-order chi connectivity index (χ0) is 14.9. The molecule has 0 spiro atoms. The third kappa shape index (κ3) is 2.23. The Balaban J connectivity index is 1.76. The Hall–Kier alpha value is -2.73. The lowest BCUT2D eigenvalue weighted by atomic mass is 10.1. The molecule has 0 atom stereocenters. The molecule has 0 saturated heterocycles. The highest BCUT2D eigenvalue weighted by atomic mass is 32.1. The van der Waals surface area contributed by atoms with Crippen LogP contribution in [0, 0.1) is 0 Å². The lowest BCUT2D eigenvalue weighted by Crippen LogP contribution is -2.37. The average molecular weight is 307 g/mol. The molecule has 2 aliphatic rings. The van der Waals surface area contributed by atoms with Gasteiger partial charge in [0.25, 0.3) is 0 Å². The molecular formula is C16H11N4OS. The summed E-state index contributed by atoms with van der Waals surface area (Å²) in [6.07, 6.45) is 1.75. The first-order chi connectivity index (χ1) is 10.8. The van der Waals surface area contributed by atoms with E-state index in [1.807, 2.05) is 46.7 Å². The molecule has 2 aromatic rings. The molecule has 0 N–H and O–H groups in total. The van der Waals surface area contributed by atoms with Crippen LogP contribution in [0.5, 0.6) is 0 Å². The van der Waals surface area contributed by atoms with Gasteiger partial charge in [-0.05, 0) is 17.0 Å². The fraction of sp³-hybridized carbons (Fsp3) is 0.0625. The summed E-state index contributed by atoms with van der Waals surface area (Å²) in [5, 5.41) is 7.91. The summed E-state index contributed by atoms with van der Waals surface area (Å²) >= 11 is 1.62. The number of rotatable bonds is 3. The van der Waals surface area contributed by atoms with Gasteiger partial charge in [-0.25, -0.2) is 9.79 Å². The molecule has 107 valence electrons. The lowest BCUT2D eigenvalue weighted by molar-refractivity contribution is 0.253. The molecule has 4 rings (SSSR count). The van der Waals surface area contributed by atoms with Crippen molar-refractivity contribution in [3.05, 3.63) is 64.5 Å². The van der Waals surface area contributed by atoms with E-state index in [2.05, 4.69) is 20.7 Å². The number of amidine groups is 2. The number of carbonyl (C=O) groups is 1. The lowest BCUT2D eigenvalue weighted by Gasteiger charge is -2.28. The van der Waals surface area contributed by atoms with E-state index in [-0.39, 0.29) is 0 Å². The van der Waals surface area contributed by atoms with E-state index >= 15 is 0 Å². The van der Waals surface area contributed by atoms with Crippen LogP contribution in [0.15, 0.2) is 63.3 Å². The van der Waals surface area contributed by atoms with Crippen LogP contribution in [-0.2, 0) is 6.54 Å². The van der Waals surface area contributed by atoms with Gasteiger partial charge in [0.2, 0.25) is 5.84 Å². The number of hydrogen-bond donors (Lipinski definition) is 0. The van der Waals surface area contributed by atoms with Gasteiger partial charge in [-0.3, -0.25) is 0 Å². The monoisotopic (exact) mass is 307 g/mol. The molecule has 3 heterocycles. The van der Waals surface area contributed by atoms with Crippen LogP contribution < -0.4 is 5.32 Å². The van der Waals surface area contributed by atoms with E-state index in [4.69, 9.17) is 0 Å². The average Bonchev–Trinajstić information content (AvgIpc) is 3.17. The van der Waals surface area contributed by atoms with Gasteiger partial charge in [0.05, 0.1) is 11.9 Å². The van der Waals surface area contributed by atoms with Gasteiger partial charge >= 0.3 is 6.03 Å². The van der Waals surface area contributed by atoms with E-state index in [0.29, 0.717) is 18.2 Å². The summed E-state index contributed by atoms with van der Waals surface area (Å²) in [6.45, 7) is 0.614. The maximum Gasteiger partial charge on any atom is 0.371 e. The van der Waals surface area contributed by atoms with Gasteiger partial charge in [-0.1, -0.05) is 30.3 Å². The SMILES string of the molecule is O=C1[N]C2=NC=C(c3ccsc3)N(Cc3ccccc3)C2=N1. The van der Waals surface area contributed by atoms with Crippen molar-refractivity contribution < 1.29 is 4.79 Å². The number of thiophene rings is 1. The Kier molecular flexibility index (Phi) is 3.08. The molecule has 2 aliphatic heterocycles. The molecule has 1 aromatic heterocycles. The molecule has 6 heteroatoms. The highest BCUT2D eigenvalue weighted by Gasteiger charge is 2.33. The van der Waals surface area contributed by atoms with Crippen molar-refractivity contribution in [2.24, 2.45) is 9.98 Å². The first-order valence-electron chi connectivity index (χ1n) is 6.78. The number of benzene rings is 1. The van der Waals surface area contributed by atoms with Crippen LogP contribution in [-0.4, -0.2) is 22.6 Å². The molecule has 1 radical (unpaired) electrons. The summed E-state index contributed by atoms with van der Waals surface area (Å²) in [4.78, 5) is 21.8. The van der Waals surface area contributed by atoms with Crippen LogP contribution in [0.3, 0.4) is 0 Å². The van der Waals surface area contributed by atoms with E-state index in [1.54, 1.807) is 17.5 Å². The number of carbonyl (C=O) groups excluding carboxylic acids is 1. The van der Waals surface area contributed by atoms with Crippen molar-refractivity contribution in [3.63, 3.8) is 0 Å². The fourth-order valence-corrected chi connectivity index (χ4v) is 3.10. The summed E-state index contributed by atoms with van der Waals surface area (Å²) in [7, 11) is 0. The van der Waals surface area contributed by atoms with E-state index in [1.165, 1.54) is 0 Å². The zero-order valence-electron chi connectivity index (χ0n) is 11.5. The summed E-state index contributed by atoms with van der Waals surface area (Å²) in [6, 6.07) is 11.6. The van der Waals surface area contributed by atoms with Crippen molar-refractivity contribution in [2.45, 2.75) is 6.54 Å². The summed E-state index contributed by atoms with van der Waals surface area (Å²) in [5.41, 5.74) is 3.12. The van der Waals surface area contributed by atoms with Crippen LogP contribution in [0.2, 0.25) is 0 Å². The number of urea groups is 1. The van der Waals surface area contributed by atoms with E-state index < -0.39 is 6.03 Å². The Morgan fingerprint density at radius 3 is 2.77 bits per heavy atom. The first-order valence-corrected chi connectivity index (χ1v) is 7.72. The van der Waals surface area contributed by atoms with Crippen molar-refractivity contribution in [1.29, 1.82) is 0 Å². The Bertz CT molecular complexity index is 806. The second-order valence-corrected chi connectivity index (χ2v) is 5.66. The minimum absolute atomic E-state index is 0.389. The van der Waals surface area contributed by atoms with Gasteiger partial charge < -0.3 is 4.90 Å².